The number of allylic oxidation sites excluding steroid dienone is 1. The standard InChI is InChI=1S/C11H14O2/c1-3-7-4-8-5-9(13)11(8)10(7)6(2)12/h3,7-8,10-11H,1,4-5H2,2H3. The highest BCUT2D eigenvalue weighted by Crippen LogP contribution is 2.51. The molecular formula is C11H14O2. The Kier molecular flexibility index (Phi) is 1.86. The van der Waals surface area contributed by atoms with E-state index in [0.717, 1.165) is 6.42 Å². The van der Waals surface area contributed by atoms with Crippen LogP contribution in [0.4, 0.5) is 0 Å². The van der Waals surface area contributed by atoms with Crippen LogP contribution in [0.15, 0.2) is 12.7 Å². The topological polar surface area (TPSA) is 34.1 Å². The van der Waals surface area contributed by atoms with Crippen molar-refractivity contribution in [2.75, 3.05) is 0 Å². The fourth-order valence-electron chi connectivity index (χ4n) is 2.91. The van der Waals surface area contributed by atoms with Gasteiger partial charge in [0.25, 0.3) is 0 Å². The van der Waals surface area contributed by atoms with Crippen molar-refractivity contribution < 1.29 is 9.59 Å². The molecule has 2 rings (SSSR count). The van der Waals surface area contributed by atoms with Crippen LogP contribution in [-0.2, 0) is 9.59 Å². The van der Waals surface area contributed by atoms with E-state index in [9.17, 15) is 9.59 Å². The van der Waals surface area contributed by atoms with E-state index in [0.29, 0.717) is 12.3 Å². The third kappa shape index (κ3) is 1.08. The van der Waals surface area contributed by atoms with Gasteiger partial charge < -0.3 is 0 Å². The van der Waals surface area contributed by atoms with Gasteiger partial charge in [0, 0.05) is 18.3 Å². The van der Waals surface area contributed by atoms with Crippen molar-refractivity contribution in [2.24, 2.45) is 23.7 Å². The van der Waals surface area contributed by atoms with Gasteiger partial charge in [0.05, 0.1) is 0 Å². The summed E-state index contributed by atoms with van der Waals surface area (Å²) in [7, 11) is 0. The van der Waals surface area contributed by atoms with E-state index in [-0.39, 0.29) is 29.3 Å². The summed E-state index contributed by atoms with van der Waals surface area (Å²) < 4.78 is 0. The minimum atomic E-state index is -0.0521. The first-order valence-corrected chi connectivity index (χ1v) is 4.81. The fraction of sp³-hybridized carbons (Fsp3) is 0.636. The zero-order chi connectivity index (χ0) is 9.59. The monoisotopic (exact) mass is 178 g/mol. The molecule has 2 nitrogen and oxygen atoms in total. The maximum absolute atomic E-state index is 11.4. The lowest BCUT2D eigenvalue weighted by molar-refractivity contribution is -0.139. The molecule has 0 saturated heterocycles. The van der Waals surface area contributed by atoms with Crippen LogP contribution in [0, 0.1) is 23.7 Å². The first-order chi connectivity index (χ1) is 6.15. The van der Waals surface area contributed by atoms with Gasteiger partial charge in [0.15, 0.2) is 0 Å². The molecule has 0 aliphatic heterocycles. The second kappa shape index (κ2) is 2.79. The van der Waals surface area contributed by atoms with Crippen LogP contribution in [-0.4, -0.2) is 11.6 Å². The average molecular weight is 178 g/mol. The molecule has 2 aliphatic rings. The molecule has 2 fully saturated rings. The number of rotatable bonds is 2. The summed E-state index contributed by atoms with van der Waals surface area (Å²) in [5.74, 6) is 1.16. The van der Waals surface area contributed by atoms with Crippen LogP contribution in [0.3, 0.4) is 0 Å². The second-order valence-corrected chi connectivity index (χ2v) is 4.23. The molecule has 0 spiro atoms. The van der Waals surface area contributed by atoms with Crippen molar-refractivity contribution in [2.45, 2.75) is 19.8 Å². The Hall–Kier alpha value is -0.920. The first-order valence-electron chi connectivity index (χ1n) is 4.81. The van der Waals surface area contributed by atoms with Crippen molar-refractivity contribution >= 4 is 11.6 Å². The Morgan fingerprint density at radius 1 is 1.62 bits per heavy atom. The summed E-state index contributed by atoms with van der Waals surface area (Å²) in [5.41, 5.74) is 0. The molecular weight excluding hydrogens is 164 g/mol. The molecule has 0 aromatic heterocycles. The molecule has 0 aromatic rings. The number of fused-ring (bicyclic) bond motifs is 1. The molecule has 4 atom stereocenters. The lowest BCUT2D eigenvalue weighted by Crippen LogP contribution is -2.39. The SMILES string of the molecule is C=CC1CC2CC(=O)C2C1C(C)=O. The second-order valence-electron chi connectivity index (χ2n) is 4.23. The zero-order valence-electron chi connectivity index (χ0n) is 7.82. The van der Waals surface area contributed by atoms with E-state index in [2.05, 4.69) is 6.58 Å². The van der Waals surface area contributed by atoms with Gasteiger partial charge >= 0.3 is 0 Å². The van der Waals surface area contributed by atoms with Crippen LogP contribution >= 0.6 is 0 Å². The lowest BCUT2D eigenvalue weighted by Gasteiger charge is -2.31. The van der Waals surface area contributed by atoms with Crippen LogP contribution < -0.4 is 0 Å². The number of hydrogen-bond acceptors (Lipinski definition) is 2. The molecule has 0 bridgehead atoms. The van der Waals surface area contributed by atoms with E-state index in [1.807, 2.05) is 6.08 Å². The minimum absolute atomic E-state index is 0.0421. The summed E-state index contributed by atoms with van der Waals surface area (Å²) in [5, 5.41) is 0. The molecule has 4 unspecified atom stereocenters. The smallest absolute Gasteiger partial charge is 0.137 e. The highest BCUT2D eigenvalue weighted by molar-refractivity contribution is 5.94. The lowest BCUT2D eigenvalue weighted by atomic mass is 9.70. The Labute approximate surface area is 78.0 Å². The summed E-state index contributed by atoms with van der Waals surface area (Å²) >= 11 is 0. The highest BCUT2D eigenvalue weighted by Gasteiger charge is 2.54. The van der Waals surface area contributed by atoms with Gasteiger partial charge in [0.1, 0.15) is 11.6 Å². The largest absolute Gasteiger partial charge is 0.300 e. The van der Waals surface area contributed by atoms with Crippen molar-refractivity contribution in [3.8, 4) is 0 Å². The Balaban J connectivity index is 2.24. The molecule has 0 radical (unpaired) electrons. The van der Waals surface area contributed by atoms with Crippen LogP contribution in [0.1, 0.15) is 19.8 Å². The van der Waals surface area contributed by atoms with E-state index >= 15 is 0 Å². The third-order valence-corrected chi connectivity index (χ3v) is 3.54. The van der Waals surface area contributed by atoms with Crippen LogP contribution in [0.25, 0.3) is 0 Å². The Morgan fingerprint density at radius 3 is 2.77 bits per heavy atom. The van der Waals surface area contributed by atoms with Crippen LogP contribution in [0.2, 0.25) is 0 Å². The first kappa shape index (κ1) is 8.67. The Morgan fingerprint density at radius 2 is 2.31 bits per heavy atom. The van der Waals surface area contributed by atoms with Crippen molar-refractivity contribution in [3.05, 3.63) is 12.7 Å². The summed E-state index contributed by atoms with van der Waals surface area (Å²) in [4.78, 5) is 22.7. The maximum atomic E-state index is 11.4. The number of Topliss-reactive ketones (excluding diaryl/α,β-unsaturated/α-hetero) is 2. The predicted octanol–water partition coefficient (Wildman–Crippen LogP) is 1.60. The molecule has 0 amide bonds. The minimum Gasteiger partial charge on any atom is -0.300 e. The molecule has 70 valence electrons. The Bertz CT molecular complexity index is 280. The van der Waals surface area contributed by atoms with Gasteiger partial charge in [-0.1, -0.05) is 6.08 Å². The molecule has 2 heteroatoms. The maximum Gasteiger partial charge on any atom is 0.137 e. The molecule has 2 aliphatic carbocycles. The quantitative estimate of drug-likeness (QED) is 0.602. The predicted molar refractivity (Wildman–Crippen MR) is 49.1 cm³/mol. The van der Waals surface area contributed by atoms with Crippen molar-refractivity contribution in [1.29, 1.82) is 0 Å². The number of carbonyl (C=O) groups is 2. The van der Waals surface area contributed by atoms with Crippen molar-refractivity contribution in [1.82, 2.24) is 0 Å². The normalized spacial score (nSPS) is 42.4. The molecule has 0 N–H and O–H groups in total. The summed E-state index contributed by atoms with van der Waals surface area (Å²) in [6, 6.07) is 0. The third-order valence-electron chi connectivity index (χ3n) is 3.54. The van der Waals surface area contributed by atoms with Crippen LogP contribution in [0.5, 0.6) is 0 Å². The van der Waals surface area contributed by atoms with E-state index in [4.69, 9.17) is 0 Å². The highest BCUT2D eigenvalue weighted by atomic mass is 16.1. The summed E-state index contributed by atoms with van der Waals surface area (Å²) in [6.07, 6.45) is 3.53. The molecule has 2 saturated carbocycles. The average Bonchev–Trinajstić information content (AvgIpc) is 2.37. The van der Waals surface area contributed by atoms with Gasteiger partial charge in [-0.05, 0) is 25.2 Å². The molecule has 0 heterocycles. The molecule has 0 aromatic carbocycles. The fourth-order valence-corrected chi connectivity index (χ4v) is 2.91. The number of ketones is 2. The van der Waals surface area contributed by atoms with E-state index in [1.165, 1.54) is 0 Å². The van der Waals surface area contributed by atoms with Gasteiger partial charge in [-0.3, -0.25) is 9.59 Å². The zero-order valence-corrected chi connectivity index (χ0v) is 7.82. The van der Waals surface area contributed by atoms with Gasteiger partial charge in [-0.15, -0.1) is 6.58 Å². The van der Waals surface area contributed by atoms with Crippen molar-refractivity contribution in [3.63, 3.8) is 0 Å². The van der Waals surface area contributed by atoms with E-state index in [1.54, 1.807) is 6.92 Å². The molecule has 13 heavy (non-hydrogen) atoms. The number of carbonyl (C=O) groups excluding carboxylic acids is 2. The summed E-state index contributed by atoms with van der Waals surface area (Å²) in [6.45, 7) is 5.33. The number of hydrogen-bond donors (Lipinski definition) is 0. The van der Waals surface area contributed by atoms with Gasteiger partial charge in [-0.25, -0.2) is 0 Å². The van der Waals surface area contributed by atoms with Gasteiger partial charge in [0.2, 0.25) is 0 Å². The van der Waals surface area contributed by atoms with E-state index < -0.39 is 0 Å². The van der Waals surface area contributed by atoms with Gasteiger partial charge in [-0.2, -0.15) is 0 Å².